The maximum atomic E-state index is 8.87. The predicted molar refractivity (Wildman–Crippen MR) is 52.7 cm³/mol. The number of hydrogen-bond donors (Lipinski definition) is 1. The molecule has 0 aliphatic rings. The molecule has 0 saturated heterocycles. The van der Waals surface area contributed by atoms with Crippen LogP contribution in [0.25, 0.3) is 0 Å². The number of thiazole rings is 1. The van der Waals surface area contributed by atoms with E-state index in [1.165, 1.54) is 11.3 Å². The molecule has 1 atom stereocenters. The lowest BCUT2D eigenvalue weighted by atomic mass is 10.1. The zero-order valence-corrected chi connectivity index (χ0v) is 9.02. The summed E-state index contributed by atoms with van der Waals surface area (Å²) in [4.78, 5) is 4.29. The maximum absolute atomic E-state index is 8.87. The van der Waals surface area contributed by atoms with Crippen molar-refractivity contribution < 1.29 is 9.84 Å². The lowest BCUT2D eigenvalue weighted by Crippen LogP contribution is -2.22. The van der Waals surface area contributed by atoms with E-state index in [-0.39, 0.29) is 12.2 Å². The number of aliphatic hydroxyl groups is 1. The van der Waals surface area contributed by atoms with Gasteiger partial charge in [0.05, 0.1) is 12.3 Å². The highest BCUT2D eigenvalue weighted by Gasteiger charge is 2.27. The fourth-order valence-electron chi connectivity index (χ4n) is 1.01. The van der Waals surface area contributed by atoms with Crippen LogP contribution < -0.4 is 0 Å². The Kier molecular flexibility index (Phi) is 3.41. The van der Waals surface area contributed by atoms with Crippen molar-refractivity contribution in [2.45, 2.75) is 32.5 Å². The van der Waals surface area contributed by atoms with Crippen molar-refractivity contribution in [3.05, 3.63) is 16.1 Å². The van der Waals surface area contributed by atoms with E-state index in [2.05, 4.69) is 11.9 Å². The molecule has 3 nitrogen and oxygen atoms in total. The van der Waals surface area contributed by atoms with Crippen LogP contribution in [-0.4, -0.2) is 17.2 Å². The summed E-state index contributed by atoms with van der Waals surface area (Å²) in [6, 6.07) is 0. The van der Waals surface area contributed by atoms with Crippen molar-refractivity contribution >= 4 is 11.3 Å². The molecule has 1 heterocycles. The van der Waals surface area contributed by atoms with Gasteiger partial charge in [-0.2, -0.15) is 0 Å². The van der Waals surface area contributed by atoms with E-state index in [4.69, 9.17) is 9.84 Å². The zero-order chi connectivity index (χ0) is 9.90. The summed E-state index contributed by atoms with van der Waals surface area (Å²) in [6.07, 6.45) is 0.877. The smallest absolute Gasteiger partial charge is 0.125 e. The summed E-state index contributed by atoms with van der Waals surface area (Å²) in [7, 11) is 1.68. The van der Waals surface area contributed by atoms with E-state index in [9.17, 15) is 0 Å². The van der Waals surface area contributed by atoms with Gasteiger partial charge in [-0.1, -0.05) is 6.92 Å². The molecule has 74 valence electrons. The molecule has 0 radical (unpaired) electrons. The third-order valence-electron chi connectivity index (χ3n) is 2.29. The number of aromatic nitrogens is 1. The standard InChI is InChI=1S/C9H15NO2S/c1-4-9(2,12-3)8-10-7(5-11)6-13-8/h6,11H,4-5H2,1-3H3. The molecule has 1 N–H and O–H groups in total. The second-order valence-corrected chi connectivity index (χ2v) is 3.95. The Hall–Kier alpha value is -0.450. The second kappa shape index (κ2) is 4.17. The second-order valence-electron chi connectivity index (χ2n) is 3.09. The zero-order valence-electron chi connectivity index (χ0n) is 8.20. The molecule has 0 aliphatic heterocycles. The van der Waals surface area contributed by atoms with Gasteiger partial charge in [0, 0.05) is 12.5 Å². The van der Waals surface area contributed by atoms with Gasteiger partial charge in [-0.05, 0) is 13.3 Å². The van der Waals surface area contributed by atoms with E-state index in [1.807, 2.05) is 12.3 Å². The van der Waals surface area contributed by atoms with Crippen LogP contribution in [0.2, 0.25) is 0 Å². The largest absolute Gasteiger partial charge is 0.390 e. The third-order valence-corrected chi connectivity index (χ3v) is 3.43. The first-order valence-corrected chi connectivity index (χ1v) is 5.15. The van der Waals surface area contributed by atoms with Gasteiger partial charge in [0.25, 0.3) is 0 Å². The van der Waals surface area contributed by atoms with Gasteiger partial charge in [-0.25, -0.2) is 4.98 Å². The van der Waals surface area contributed by atoms with Crippen molar-refractivity contribution in [3.63, 3.8) is 0 Å². The van der Waals surface area contributed by atoms with Crippen molar-refractivity contribution in [2.75, 3.05) is 7.11 Å². The molecule has 0 amide bonds. The SMILES string of the molecule is CCC(C)(OC)c1nc(CO)cs1. The van der Waals surface area contributed by atoms with Crippen LogP contribution in [-0.2, 0) is 16.9 Å². The van der Waals surface area contributed by atoms with Crippen LogP contribution in [0.5, 0.6) is 0 Å². The molecule has 0 bridgehead atoms. The van der Waals surface area contributed by atoms with E-state index >= 15 is 0 Å². The first-order chi connectivity index (χ1) is 6.16. The Morgan fingerprint density at radius 2 is 2.38 bits per heavy atom. The van der Waals surface area contributed by atoms with Gasteiger partial charge in [-0.3, -0.25) is 0 Å². The molecule has 1 aromatic heterocycles. The summed E-state index contributed by atoms with van der Waals surface area (Å²) >= 11 is 1.53. The fraction of sp³-hybridized carbons (Fsp3) is 0.667. The first-order valence-electron chi connectivity index (χ1n) is 4.27. The van der Waals surface area contributed by atoms with Crippen molar-refractivity contribution in [2.24, 2.45) is 0 Å². The van der Waals surface area contributed by atoms with Gasteiger partial charge >= 0.3 is 0 Å². The van der Waals surface area contributed by atoms with E-state index in [0.29, 0.717) is 0 Å². The van der Waals surface area contributed by atoms with Crippen molar-refractivity contribution in [1.82, 2.24) is 4.98 Å². The quantitative estimate of drug-likeness (QED) is 0.809. The lowest BCUT2D eigenvalue weighted by Gasteiger charge is -2.23. The van der Waals surface area contributed by atoms with Gasteiger partial charge in [0.2, 0.25) is 0 Å². The Labute approximate surface area is 82.4 Å². The maximum Gasteiger partial charge on any atom is 0.125 e. The highest BCUT2D eigenvalue weighted by Crippen LogP contribution is 2.30. The van der Waals surface area contributed by atoms with Crippen LogP contribution in [0.1, 0.15) is 31.0 Å². The highest BCUT2D eigenvalue weighted by molar-refractivity contribution is 7.09. The summed E-state index contributed by atoms with van der Waals surface area (Å²) in [5.74, 6) is 0. The molecular weight excluding hydrogens is 186 g/mol. The third kappa shape index (κ3) is 2.07. The molecule has 1 aromatic rings. The lowest BCUT2D eigenvalue weighted by molar-refractivity contribution is -0.00177. The van der Waals surface area contributed by atoms with Gasteiger partial charge < -0.3 is 9.84 Å². The molecule has 0 saturated carbocycles. The Balaban J connectivity index is 2.91. The molecular formula is C9H15NO2S. The number of rotatable bonds is 4. The fourth-order valence-corrected chi connectivity index (χ4v) is 2.03. The Morgan fingerprint density at radius 1 is 1.69 bits per heavy atom. The molecule has 0 fully saturated rings. The van der Waals surface area contributed by atoms with Crippen LogP contribution in [0.15, 0.2) is 5.38 Å². The molecule has 13 heavy (non-hydrogen) atoms. The Morgan fingerprint density at radius 3 is 2.77 bits per heavy atom. The summed E-state index contributed by atoms with van der Waals surface area (Å²) in [5.41, 5.74) is 0.412. The minimum Gasteiger partial charge on any atom is -0.390 e. The normalized spacial score (nSPS) is 15.7. The number of nitrogens with zero attached hydrogens (tertiary/aromatic N) is 1. The molecule has 1 rings (SSSR count). The number of aliphatic hydroxyl groups excluding tert-OH is 1. The average molecular weight is 201 g/mol. The first kappa shape index (κ1) is 10.6. The summed E-state index contributed by atoms with van der Waals surface area (Å²) in [6.45, 7) is 4.07. The minimum atomic E-state index is -0.307. The molecule has 4 heteroatoms. The van der Waals surface area contributed by atoms with Crippen LogP contribution >= 0.6 is 11.3 Å². The number of methoxy groups -OCH3 is 1. The van der Waals surface area contributed by atoms with Gasteiger partial charge in [0.15, 0.2) is 0 Å². The average Bonchev–Trinajstić information content (AvgIpc) is 2.65. The van der Waals surface area contributed by atoms with Crippen molar-refractivity contribution in [1.29, 1.82) is 0 Å². The Bertz CT molecular complexity index is 268. The number of hydrogen-bond acceptors (Lipinski definition) is 4. The summed E-state index contributed by atoms with van der Waals surface area (Å²) < 4.78 is 5.40. The molecule has 0 aliphatic carbocycles. The molecule has 0 spiro atoms. The van der Waals surface area contributed by atoms with Crippen LogP contribution in [0.4, 0.5) is 0 Å². The monoisotopic (exact) mass is 201 g/mol. The van der Waals surface area contributed by atoms with E-state index in [0.717, 1.165) is 17.1 Å². The number of ether oxygens (including phenoxy) is 1. The van der Waals surface area contributed by atoms with Gasteiger partial charge in [0.1, 0.15) is 10.6 Å². The molecule has 0 aromatic carbocycles. The summed E-state index contributed by atoms with van der Waals surface area (Å²) in [5, 5.41) is 11.7. The van der Waals surface area contributed by atoms with E-state index < -0.39 is 0 Å². The molecule has 1 unspecified atom stereocenters. The topological polar surface area (TPSA) is 42.4 Å². The van der Waals surface area contributed by atoms with Crippen LogP contribution in [0.3, 0.4) is 0 Å². The van der Waals surface area contributed by atoms with Crippen molar-refractivity contribution in [3.8, 4) is 0 Å². The minimum absolute atomic E-state index is 0.00000850. The van der Waals surface area contributed by atoms with Gasteiger partial charge in [-0.15, -0.1) is 11.3 Å². The predicted octanol–water partition coefficient (Wildman–Crippen LogP) is 1.91. The van der Waals surface area contributed by atoms with Crippen LogP contribution in [0, 0.1) is 0 Å². The highest BCUT2D eigenvalue weighted by atomic mass is 32.1. The van der Waals surface area contributed by atoms with E-state index in [1.54, 1.807) is 7.11 Å².